The van der Waals surface area contributed by atoms with Gasteiger partial charge in [-0.15, -0.1) is 0 Å². The number of rotatable bonds is 24. The Morgan fingerprint density at radius 1 is 0.700 bits per heavy atom. The molecule has 0 bridgehead atoms. The van der Waals surface area contributed by atoms with Crippen molar-refractivity contribution in [2.75, 3.05) is 39.6 Å². The third kappa shape index (κ3) is 20.9. The number of aryl methyl sites for hydroxylation is 2. The summed E-state index contributed by atoms with van der Waals surface area (Å²) in [7, 11) is -3.84. The van der Waals surface area contributed by atoms with Crippen molar-refractivity contribution in [2.45, 2.75) is 142 Å². The number of hydrogen-bond donors (Lipinski definition) is 1. The molecule has 0 aromatic heterocycles. The quantitative estimate of drug-likeness (QED) is 0.0621. The SMILES string of the molecule is CC1=NC(CCc2ccc(OCCCC/C=C\I)cc2)(COP(=O)(OC(C)(C)C)OC(C)(C)C)CO1.CC1=NC(CO)(CCc2ccc(OCCCC/C=C\I)cc2)CO1. The Bertz CT molecular complexity index is 1700. The second-order valence-electron chi connectivity index (χ2n) is 17.3. The van der Waals surface area contributed by atoms with Gasteiger partial charge in [-0.2, -0.15) is 0 Å². The number of aliphatic hydroxyl groups excluding tert-OH is 1. The normalized spacial score (nSPS) is 19.4. The van der Waals surface area contributed by atoms with Crippen LogP contribution in [0.4, 0.5) is 0 Å². The number of phosphoric ester groups is 1. The Morgan fingerprint density at radius 3 is 1.48 bits per heavy atom. The summed E-state index contributed by atoms with van der Waals surface area (Å²) in [6.07, 6.45) is 14.0. The zero-order chi connectivity index (χ0) is 44.1. The van der Waals surface area contributed by atoms with Crippen LogP contribution in [0.1, 0.15) is 118 Å². The molecule has 336 valence electrons. The summed E-state index contributed by atoms with van der Waals surface area (Å²) in [6.45, 7) is 17.0. The van der Waals surface area contributed by atoms with Gasteiger partial charge in [0, 0.05) is 13.8 Å². The number of allylic oxidation sites excluding steroid dienone is 2. The van der Waals surface area contributed by atoms with E-state index in [0.29, 0.717) is 38.0 Å². The van der Waals surface area contributed by atoms with Crippen LogP contribution >= 0.6 is 53.0 Å². The van der Waals surface area contributed by atoms with Crippen LogP contribution in [0.25, 0.3) is 0 Å². The monoisotopic (exact) mass is 1080 g/mol. The van der Waals surface area contributed by atoms with E-state index in [1.165, 1.54) is 5.56 Å². The molecule has 2 unspecified atom stereocenters. The lowest BCUT2D eigenvalue weighted by Crippen LogP contribution is -2.36. The highest BCUT2D eigenvalue weighted by Crippen LogP contribution is 2.56. The first kappa shape index (κ1) is 52.3. The van der Waals surface area contributed by atoms with Crippen LogP contribution in [0.3, 0.4) is 0 Å². The molecule has 0 spiro atoms. The summed E-state index contributed by atoms with van der Waals surface area (Å²) < 4.78 is 57.8. The molecule has 2 heterocycles. The molecule has 0 radical (unpaired) electrons. The van der Waals surface area contributed by atoms with E-state index in [1.807, 2.05) is 79.7 Å². The highest BCUT2D eigenvalue weighted by molar-refractivity contribution is 14.1. The Balaban J connectivity index is 0.000000347. The van der Waals surface area contributed by atoms with Gasteiger partial charge in [0.2, 0.25) is 0 Å². The van der Waals surface area contributed by atoms with Gasteiger partial charge >= 0.3 is 7.82 Å². The van der Waals surface area contributed by atoms with Crippen LogP contribution in [0, 0.1) is 0 Å². The third-order valence-electron chi connectivity index (χ3n) is 9.30. The van der Waals surface area contributed by atoms with E-state index < -0.39 is 30.1 Å². The molecule has 2 aromatic rings. The Morgan fingerprint density at radius 2 is 1.12 bits per heavy atom. The van der Waals surface area contributed by atoms with Gasteiger partial charge in [-0.05, 0) is 149 Å². The first-order valence-electron chi connectivity index (χ1n) is 21.0. The highest BCUT2D eigenvalue weighted by atomic mass is 127. The van der Waals surface area contributed by atoms with E-state index >= 15 is 0 Å². The van der Waals surface area contributed by atoms with Crippen LogP contribution in [-0.2, 0) is 40.5 Å². The summed E-state index contributed by atoms with van der Waals surface area (Å²) >= 11 is 4.49. The number of benzene rings is 2. The van der Waals surface area contributed by atoms with Crippen LogP contribution < -0.4 is 9.47 Å². The molecule has 0 saturated carbocycles. The topological polar surface area (TPSA) is 127 Å². The van der Waals surface area contributed by atoms with Crippen molar-refractivity contribution in [1.29, 1.82) is 0 Å². The number of aliphatic imine (C=N–C) groups is 2. The first-order chi connectivity index (χ1) is 28.4. The molecule has 2 aliphatic heterocycles. The lowest BCUT2D eigenvalue weighted by molar-refractivity contribution is -0.00466. The predicted octanol–water partition coefficient (Wildman–Crippen LogP) is 12.4. The van der Waals surface area contributed by atoms with Gasteiger partial charge in [0.1, 0.15) is 35.8 Å². The van der Waals surface area contributed by atoms with Gasteiger partial charge in [-0.3, -0.25) is 13.6 Å². The van der Waals surface area contributed by atoms with E-state index in [9.17, 15) is 9.67 Å². The average molecular weight is 1080 g/mol. The van der Waals surface area contributed by atoms with E-state index in [2.05, 4.69) is 94.8 Å². The molecule has 11 nitrogen and oxygen atoms in total. The predicted molar refractivity (Wildman–Crippen MR) is 260 cm³/mol. The molecular weight excluding hydrogens is 1010 g/mol. The maximum atomic E-state index is 13.5. The number of nitrogens with zero attached hydrogens (tertiary/aromatic N) is 2. The number of unbranched alkanes of at least 4 members (excludes halogenated alkanes) is 4. The molecule has 60 heavy (non-hydrogen) atoms. The van der Waals surface area contributed by atoms with Gasteiger partial charge < -0.3 is 24.1 Å². The summed E-state index contributed by atoms with van der Waals surface area (Å²) in [4.78, 5) is 9.18. The van der Waals surface area contributed by atoms with Crippen molar-refractivity contribution >= 4 is 64.8 Å². The Hall–Kier alpha value is -2.01. The van der Waals surface area contributed by atoms with Gasteiger partial charge in [0.15, 0.2) is 11.8 Å². The van der Waals surface area contributed by atoms with Crippen molar-refractivity contribution in [3.8, 4) is 11.5 Å². The number of phosphoric acid groups is 1. The largest absolute Gasteiger partial charge is 0.494 e. The standard InChI is InChI=1S/C27H43INO6P.C19H26INO3/c1-22-29-27(20-32-22,21-33-36(30,34-25(2,3)4)35-26(5,6)7)17-16-23-12-14-24(15-13-23)31-19-11-9-8-10-18-28;1-16-21-19(14-22,15-24-16)11-10-17-6-8-18(9-7-17)23-13-5-3-2-4-12-20/h10,12-15,18H,8-9,11,16-17,19-21H2,1-7H3;4,6-9,12,22H,2-3,5,10-11,13-15H2,1H3/b18-10-;12-4-. The average Bonchev–Trinajstić information content (AvgIpc) is 3.76. The van der Waals surface area contributed by atoms with E-state index in [-0.39, 0.29) is 13.2 Å². The van der Waals surface area contributed by atoms with Crippen LogP contribution in [0.2, 0.25) is 0 Å². The van der Waals surface area contributed by atoms with Crippen molar-refractivity contribution in [3.63, 3.8) is 0 Å². The minimum atomic E-state index is -3.84. The molecule has 0 amide bonds. The van der Waals surface area contributed by atoms with E-state index in [4.69, 9.17) is 37.5 Å². The van der Waals surface area contributed by atoms with Gasteiger partial charge in [0.05, 0.1) is 37.6 Å². The minimum Gasteiger partial charge on any atom is -0.494 e. The van der Waals surface area contributed by atoms with Crippen molar-refractivity contribution in [2.24, 2.45) is 9.98 Å². The number of aliphatic hydroxyl groups is 1. The van der Waals surface area contributed by atoms with Crippen LogP contribution in [-0.4, -0.2) is 78.8 Å². The first-order valence-corrected chi connectivity index (χ1v) is 25.0. The second kappa shape index (κ2) is 25.9. The van der Waals surface area contributed by atoms with E-state index in [1.54, 1.807) is 0 Å². The smallest absolute Gasteiger partial charge is 0.475 e. The molecule has 0 aliphatic carbocycles. The molecule has 0 saturated heterocycles. The molecule has 2 aromatic carbocycles. The summed E-state index contributed by atoms with van der Waals surface area (Å²) in [6, 6.07) is 16.4. The lowest BCUT2D eigenvalue weighted by atomic mass is 9.94. The third-order valence-corrected chi connectivity index (χ3v) is 12.3. The molecule has 14 heteroatoms. The fourth-order valence-electron chi connectivity index (χ4n) is 6.27. The summed E-state index contributed by atoms with van der Waals surface area (Å²) in [5.41, 5.74) is -0.143. The molecule has 1 N–H and O–H groups in total. The second-order valence-corrected chi connectivity index (χ2v) is 20.2. The van der Waals surface area contributed by atoms with Crippen molar-refractivity contribution < 1.29 is 42.2 Å². The van der Waals surface area contributed by atoms with Gasteiger partial charge in [-0.1, -0.05) is 81.6 Å². The zero-order valence-electron chi connectivity index (χ0n) is 37.1. The lowest BCUT2D eigenvalue weighted by Gasteiger charge is -2.33. The summed E-state index contributed by atoms with van der Waals surface area (Å²) in [5, 5.41) is 9.62. The Kier molecular flexibility index (Phi) is 22.6. The minimum absolute atomic E-state index is 0.0261. The maximum absolute atomic E-state index is 13.5. The number of halogens is 2. The Labute approximate surface area is 387 Å². The molecule has 0 fully saturated rings. The maximum Gasteiger partial charge on any atom is 0.475 e. The highest BCUT2D eigenvalue weighted by Gasteiger charge is 2.43. The fourth-order valence-corrected chi connectivity index (χ4v) is 8.87. The molecule has 2 atom stereocenters. The van der Waals surface area contributed by atoms with Crippen molar-refractivity contribution in [3.05, 3.63) is 80.0 Å². The van der Waals surface area contributed by atoms with E-state index in [0.717, 1.165) is 81.5 Å². The number of hydrogen-bond acceptors (Lipinski definition) is 11. The van der Waals surface area contributed by atoms with Gasteiger partial charge in [-0.25, -0.2) is 14.5 Å². The zero-order valence-corrected chi connectivity index (χ0v) is 42.3. The van der Waals surface area contributed by atoms with Crippen molar-refractivity contribution in [1.82, 2.24) is 0 Å². The number of ether oxygens (including phenoxy) is 4. The van der Waals surface area contributed by atoms with Gasteiger partial charge in [0.25, 0.3) is 0 Å². The van der Waals surface area contributed by atoms with Crippen LogP contribution in [0.5, 0.6) is 11.5 Å². The fraction of sp³-hybridized carbons (Fsp3) is 0.609. The molecule has 2 aliphatic rings. The molecule has 4 rings (SSSR count). The van der Waals surface area contributed by atoms with Crippen LogP contribution in [0.15, 0.2) is 78.8 Å². The molecular formula is C46H69I2N2O9P. The summed E-state index contributed by atoms with van der Waals surface area (Å²) in [5.74, 6) is 3.05.